The molecule has 49 heavy (non-hydrogen) atoms. The van der Waals surface area contributed by atoms with Gasteiger partial charge in [0.05, 0.1) is 46.6 Å². The molecule has 0 radical (unpaired) electrons. The Bertz CT molecular complexity index is 2270. The molecular weight excluding hydrogens is 646 g/mol. The zero-order valence-electron chi connectivity index (χ0n) is 27.3. The number of nitro benzene ring substituents is 1. The van der Waals surface area contributed by atoms with Gasteiger partial charge in [-0.3, -0.25) is 19.5 Å². The monoisotopic (exact) mass is 679 g/mol. The number of hydrogen-bond acceptors (Lipinski definition) is 10. The van der Waals surface area contributed by atoms with Gasteiger partial charge in [0.25, 0.3) is 11.2 Å². The summed E-state index contributed by atoms with van der Waals surface area (Å²) < 4.78 is 25.2. The molecule has 0 aliphatic carbocycles. The van der Waals surface area contributed by atoms with Crippen LogP contribution in [-0.2, 0) is 9.53 Å². The lowest BCUT2D eigenvalue weighted by Crippen LogP contribution is -2.40. The maximum absolute atomic E-state index is 14.3. The van der Waals surface area contributed by atoms with Crippen molar-refractivity contribution in [2.45, 2.75) is 33.7 Å². The van der Waals surface area contributed by atoms with Crippen LogP contribution in [-0.4, -0.2) is 35.3 Å². The Kier molecular flexibility index (Phi) is 9.58. The first-order valence-electron chi connectivity index (χ1n) is 15.8. The second-order valence-electron chi connectivity index (χ2n) is 10.9. The van der Waals surface area contributed by atoms with Gasteiger partial charge in [-0.05, 0) is 57.5 Å². The first-order chi connectivity index (χ1) is 23.7. The van der Waals surface area contributed by atoms with Crippen molar-refractivity contribution in [3.63, 3.8) is 0 Å². The molecule has 250 valence electrons. The Morgan fingerprint density at radius 3 is 2.45 bits per heavy atom. The van der Waals surface area contributed by atoms with Crippen molar-refractivity contribution in [2.24, 2.45) is 4.99 Å². The average Bonchev–Trinajstić information content (AvgIpc) is 3.69. The molecule has 0 fully saturated rings. The van der Waals surface area contributed by atoms with Gasteiger partial charge in [0.15, 0.2) is 16.3 Å². The molecular formula is C37H33N3O8S. The first-order valence-corrected chi connectivity index (χ1v) is 16.6. The Balaban J connectivity index is 1.56. The lowest BCUT2D eigenvalue weighted by Gasteiger charge is -2.26. The SMILES string of the molecule is CCOC(=O)C1=C(c2ccccc2)N=c2s/c(=C/c3ccc(-c4cccc([N+](=O)[O-])c4C)o3)c(=O)n2[C@H]1c1ccc(OCC)c(OCC)c1. The second kappa shape index (κ2) is 14.2. The van der Waals surface area contributed by atoms with Crippen molar-refractivity contribution < 1.29 is 28.3 Å². The van der Waals surface area contributed by atoms with Crippen LogP contribution < -0.4 is 24.4 Å². The Labute approximate surface area is 285 Å². The van der Waals surface area contributed by atoms with Crippen LogP contribution in [0.25, 0.3) is 23.1 Å². The number of esters is 1. The molecule has 2 aromatic heterocycles. The summed E-state index contributed by atoms with van der Waals surface area (Å²) in [6, 6.07) is 21.9. The van der Waals surface area contributed by atoms with Crippen molar-refractivity contribution in [3.8, 4) is 22.8 Å². The fraction of sp³-hybridized carbons (Fsp3) is 0.216. The average molecular weight is 680 g/mol. The summed E-state index contributed by atoms with van der Waals surface area (Å²) in [5.41, 5.74) is 2.53. The summed E-state index contributed by atoms with van der Waals surface area (Å²) >= 11 is 1.16. The summed E-state index contributed by atoms with van der Waals surface area (Å²) in [5.74, 6) is 1.21. The van der Waals surface area contributed by atoms with Crippen LogP contribution in [0.5, 0.6) is 11.5 Å². The minimum Gasteiger partial charge on any atom is -0.490 e. The molecule has 0 spiro atoms. The van der Waals surface area contributed by atoms with Crippen LogP contribution in [0.2, 0.25) is 0 Å². The van der Waals surface area contributed by atoms with Gasteiger partial charge < -0.3 is 18.6 Å². The maximum Gasteiger partial charge on any atom is 0.338 e. The summed E-state index contributed by atoms with van der Waals surface area (Å²) in [4.78, 5) is 44.5. The predicted molar refractivity (Wildman–Crippen MR) is 185 cm³/mol. The summed E-state index contributed by atoms with van der Waals surface area (Å²) in [6.45, 7) is 8.06. The topological polar surface area (TPSA) is 135 Å². The number of carbonyl (C=O) groups excluding carboxylic acids is 1. The minimum absolute atomic E-state index is 0.0165. The highest BCUT2D eigenvalue weighted by Crippen LogP contribution is 2.39. The smallest absolute Gasteiger partial charge is 0.338 e. The third-order valence-corrected chi connectivity index (χ3v) is 8.91. The lowest BCUT2D eigenvalue weighted by molar-refractivity contribution is -0.385. The standard InChI is InChI=1S/C37H33N3O8S/c1-5-45-29-18-16-24(20-30(29)46-6-2)34-32(36(42)47-7-3)33(23-12-9-8-10-13-23)38-37-39(34)35(41)31(49-37)21-25-17-19-28(48-25)26-14-11-15-27(22(26)4)40(43)44/h8-21,34H,5-7H2,1-4H3/b31-21+/t34-/m0/s1. The molecule has 1 aliphatic rings. The van der Waals surface area contributed by atoms with Gasteiger partial charge in [-0.2, -0.15) is 0 Å². The van der Waals surface area contributed by atoms with E-state index in [1.807, 2.05) is 50.2 Å². The molecule has 0 N–H and O–H groups in total. The van der Waals surface area contributed by atoms with E-state index in [9.17, 15) is 19.7 Å². The molecule has 1 aliphatic heterocycles. The van der Waals surface area contributed by atoms with Crippen LogP contribution in [0.3, 0.4) is 0 Å². The van der Waals surface area contributed by atoms with E-state index in [0.717, 1.165) is 11.3 Å². The molecule has 5 aromatic rings. The normalized spacial score (nSPS) is 14.3. The molecule has 12 heteroatoms. The van der Waals surface area contributed by atoms with Crippen molar-refractivity contribution in [1.29, 1.82) is 0 Å². The summed E-state index contributed by atoms with van der Waals surface area (Å²) in [7, 11) is 0. The molecule has 0 bridgehead atoms. The zero-order chi connectivity index (χ0) is 34.7. The molecule has 0 saturated heterocycles. The highest BCUT2D eigenvalue weighted by atomic mass is 32.1. The molecule has 1 atom stereocenters. The Morgan fingerprint density at radius 2 is 1.73 bits per heavy atom. The summed E-state index contributed by atoms with van der Waals surface area (Å²) in [5, 5.41) is 11.5. The molecule has 6 rings (SSSR count). The quantitative estimate of drug-likeness (QED) is 0.0914. The van der Waals surface area contributed by atoms with E-state index in [2.05, 4.69) is 0 Å². The molecule has 0 amide bonds. The first kappa shape index (κ1) is 33.2. The van der Waals surface area contributed by atoms with Gasteiger partial charge >= 0.3 is 5.97 Å². The molecule has 3 aromatic carbocycles. The van der Waals surface area contributed by atoms with Gasteiger partial charge in [0, 0.05) is 28.8 Å². The minimum atomic E-state index is -0.915. The van der Waals surface area contributed by atoms with Gasteiger partial charge in [-0.1, -0.05) is 59.9 Å². The molecule has 3 heterocycles. The van der Waals surface area contributed by atoms with Gasteiger partial charge in [-0.15, -0.1) is 0 Å². The van der Waals surface area contributed by atoms with Crippen LogP contribution in [0.4, 0.5) is 5.69 Å². The van der Waals surface area contributed by atoms with E-state index >= 15 is 0 Å². The number of aromatic nitrogens is 1. The number of benzene rings is 3. The number of ether oxygens (including phenoxy) is 3. The number of fused-ring (bicyclic) bond motifs is 1. The molecule has 0 unspecified atom stereocenters. The number of nitrogens with zero attached hydrogens (tertiary/aromatic N) is 3. The largest absolute Gasteiger partial charge is 0.490 e. The number of furan rings is 1. The lowest BCUT2D eigenvalue weighted by atomic mass is 9.93. The van der Waals surface area contributed by atoms with Crippen LogP contribution in [0.15, 0.2) is 98.6 Å². The number of nitro groups is 1. The van der Waals surface area contributed by atoms with Crippen molar-refractivity contribution >= 4 is 34.8 Å². The third-order valence-electron chi connectivity index (χ3n) is 7.92. The van der Waals surface area contributed by atoms with Crippen LogP contribution in [0.1, 0.15) is 49.3 Å². The Hall–Kier alpha value is -5.75. The summed E-state index contributed by atoms with van der Waals surface area (Å²) in [6.07, 6.45) is 1.61. The van der Waals surface area contributed by atoms with E-state index < -0.39 is 16.9 Å². The zero-order valence-corrected chi connectivity index (χ0v) is 28.1. The van der Waals surface area contributed by atoms with Crippen molar-refractivity contribution in [3.05, 3.63) is 137 Å². The Morgan fingerprint density at radius 1 is 0.980 bits per heavy atom. The number of carbonyl (C=O) groups is 1. The molecule has 0 saturated carbocycles. The van der Waals surface area contributed by atoms with E-state index in [4.69, 9.17) is 23.6 Å². The van der Waals surface area contributed by atoms with Gasteiger partial charge in [0.2, 0.25) is 0 Å². The maximum atomic E-state index is 14.3. The highest BCUT2D eigenvalue weighted by molar-refractivity contribution is 7.07. The van der Waals surface area contributed by atoms with Gasteiger partial charge in [-0.25, -0.2) is 9.79 Å². The van der Waals surface area contributed by atoms with Crippen molar-refractivity contribution in [2.75, 3.05) is 19.8 Å². The van der Waals surface area contributed by atoms with E-state index in [0.29, 0.717) is 73.5 Å². The van der Waals surface area contributed by atoms with Crippen LogP contribution >= 0.6 is 11.3 Å². The van der Waals surface area contributed by atoms with E-state index in [1.54, 1.807) is 56.3 Å². The number of thiazole rings is 1. The van der Waals surface area contributed by atoms with Crippen LogP contribution in [0, 0.1) is 17.0 Å². The number of hydrogen-bond donors (Lipinski definition) is 0. The predicted octanol–water partition coefficient (Wildman–Crippen LogP) is 6.21. The fourth-order valence-corrected chi connectivity index (χ4v) is 6.77. The third kappa shape index (κ3) is 6.42. The fourth-order valence-electron chi connectivity index (χ4n) is 5.79. The highest BCUT2D eigenvalue weighted by Gasteiger charge is 2.35. The van der Waals surface area contributed by atoms with E-state index in [-0.39, 0.29) is 23.4 Å². The second-order valence-corrected chi connectivity index (χ2v) is 11.9. The van der Waals surface area contributed by atoms with Crippen molar-refractivity contribution in [1.82, 2.24) is 4.57 Å². The van der Waals surface area contributed by atoms with Gasteiger partial charge in [0.1, 0.15) is 11.5 Å². The molecule has 11 nitrogen and oxygen atoms in total. The number of rotatable bonds is 11. The van der Waals surface area contributed by atoms with E-state index in [1.165, 1.54) is 10.6 Å².